The minimum absolute atomic E-state index is 0.0992. The number of aromatic nitrogens is 1. The van der Waals surface area contributed by atoms with Gasteiger partial charge >= 0.3 is 0 Å². The summed E-state index contributed by atoms with van der Waals surface area (Å²) >= 11 is 0. The first kappa shape index (κ1) is 15.7. The van der Waals surface area contributed by atoms with Gasteiger partial charge in [-0.1, -0.05) is 30.3 Å². The smallest absolute Gasteiger partial charge is 0.269 e. The lowest BCUT2D eigenvalue weighted by Crippen LogP contribution is -2.53. The van der Waals surface area contributed by atoms with Crippen LogP contribution < -0.4 is 5.32 Å². The molecule has 0 aliphatic carbocycles. The van der Waals surface area contributed by atoms with Crippen molar-refractivity contribution in [2.24, 2.45) is 0 Å². The molecule has 0 fully saturated rings. The van der Waals surface area contributed by atoms with Crippen LogP contribution in [0.2, 0.25) is 0 Å². The Morgan fingerprint density at radius 2 is 1.91 bits per heavy atom. The number of carbonyl (C=O) groups is 1. The van der Waals surface area contributed by atoms with Crippen LogP contribution in [-0.4, -0.2) is 34.4 Å². The number of rotatable bonds is 4. The molecule has 120 valence electrons. The summed E-state index contributed by atoms with van der Waals surface area (Å²) in [6, 6.07) is 14.0. The van der Waals surface area contributed by atoms with Crippen molar-refractivity contribution in [3.63, 3.8) is 0 Å². The summed E-state index contributed by atoms with van der Waals surface area (Å²) in [6.45, 7) is 6.91. The van der Waals surface area contributed by atoms with Crippen molar-refractivity contribution in [3.8, 4) is 0 Å². The second kappa shape index (κ2) is 6.50. The number of nitrogens with one attached hydrogen (secondary N) is 1. The van der Waals surface area contributed by atoms with Crippen LogP contribution in [0.15, 0.2) is 48.7 Å². The fourth-order valence-electron chi connectivity index (χ4n) is 3.01. The van der Waals surface area contributed by atoms with Crippen LogP contribution in [0.5, 0.6) is 0 Å². The average molecular weight is 309 g/mol. The van der Waals surface area contributed by atoms with Crippen molar-refractivity contribution in [3.05, 3.63) is 65.5 Å². The quantitative estimate of drug-likeness (QED) is 0.944. The van der Waals surface area contributed by atoms with Gasteiger partial charge in [-0.3, -0.25) is 14.7 Å². The van der Waals surface area contributed by atoms with Crippen molar-refractivity contribution in [1.82, 2.24) is 15.2 Å². The van der Waals surface area contributed by atoms with Gasteiger partial charge in [0, 0.05) is 31.4 Å². The standard InChI is InChI=1S/C19H23N3O/c1-19(2,14-21-18(23)17-9-5-6-11-20-17)22-12-10-15-7-3-4-8-16(15)13-22/h3-9,11H,10,12-14H2,1-2H3,(H,21,23). The van der Waals surface area contributed by atoms with Crippen molar-refractivity contribution in [1.29, 1.82) is 0 Å². The third-order valence-corrected chi connectivity index (χ3v) is 4.57. The molecule has 0 bridgehead atoms. The highest BCUT2D eigenvalue weighted by molar-refractivity contribution is 5.92. The Bertz CT molecular complexity index is 682. The molecule has 1 aliphatic heterocycles. The Hall–Kier alpha value is -2.20. The zero-order valence-corrected chi connectivity index (χ0v) is 13.7. The summed E-state index contributed by atoms with van der Waals surface area (Å²) < 4.78 is 0. The van der Waals surface area contributed by atoms with E-state index in [4.69, 9.17) is 0 Å². The summed E-state index contributed by atoms with van der Waals surface area (Å²) in [5.41, 5.74) is 3.20. The topological polar surface area (TPSA) is 45.2 Å². The molecule has 1 N–H and O–H groups in total. The van der Waals surface area contributed by atoms with E-state index in [1.807, 2.05) is 12.1 Å². The van der Waals surface area contributed by atoms with Gasteiger partial charge in [0.2, 0.25) is 0 Å². The maximum Gasteiger partial charge on any atom is 0.269 e. The number of pyridine rings is 1. The van der Waals surface area contributed by atoms with Crippen LogP contribution in [0.25, 0.3) is 0 Å². The molecule has 4 nitrogen and oxygen atoms in total. The molecule has 0 spiro atoms. The second-order valence-electron chi connectivity index (χ2n) is 6.65. The van der Waals surface area contributed by atoms with Gasteiger partial charge in [-0.25, -0.2) is 0 Å². The minimum Gasteiger partial charge on any atom is -0.349 e. The van der Waals surface area contributed by atoms with Crippen molar-refractivity contribution in [2.45, 2.75) is 32.4 Å². The normalized spacial score (nSPS) is 15.0. The second-order valence-corrected chi connectivity index (χ2v) is 6.65. The number of benzene rings is 1. The maximum atomic E-state index is 12.2. The number of hydrogen-bond donors (Lipinski definition) is 1. The van der Waals surface area contributed by atoms with Crippen LogP contribution in [0.1, 0.15) is 35.5 Å². The fourth-order valence-corrected chi connectivity index (χ4v) is 3.01. The lowest BCUT2D eigenvalue weighted by atomic mass is 9.94. The van der Waals surface area contributed by atoms with Gasteiger partial charge in [0.25, 0.3) is 5.91 Å². The average Bonchev–Trinajstić information content (AvgIpc) is 2.60. The van der Waals surface area contributed by atoms with E-state index in [1.54, 1.807) is 12.3 Å². The molecule has 2 heterocycles. The van der Waals surface area contributed by atoms with Crippen molar-refractivity contribution < 1.29 is 4.79 Å². The molecular weight excluding hydrogens is 286 g/mol. The first-order chi connectivity index (χ1) is 11.1. The molecule has 23 heavy (non-hydrogen) atoms. The molecule has 0 saturated heterocycles. The molecule has 1 aliphatic rings. The first-order valence-electron chi connectivity index (χ1n) is 8.07. The summed E-state index contributed by atoms with van der Waals surface area (Å²) in [5.74, 6) is -0.115. The highest BCUT2D eigenvalue weighted by Crippen LogP contribution is 2.24. The lowest BCUT2D eigenvalue weighted by Gasteiger charge is -2.41. The largest absolute Gasteiger partial charge is 0.349 e. The Kier molecular flexibility index (Phi) is 4.44. The van der Waals surface area contributed by atoms with Crippen LogP contribution in [-0.2, 0) is 13.0 Å². The Morgan fingerprint density at radius 1 is 1.17 bits per heavy atom. The van der Waals surface area contributed by atoms with Crippen LogP contribution >= 0.6 is 0 Å². The molecule has 2 aromatic rings. The van der Waals surface area contributed by atoms with E-state index in [0.29, 0.717) is 12.2 Å². The third kappa shape index (κ3) is 3.59. The lowest BCUT2D eigenvalue weighted by molar-refractivity contribution is 0.0822. The molecular formula is C19H23N3O. The Morgan fingerprint density at radius 3 is 2.65 bits per heavy atom. The molecule has 4 heteroatoms. The summed E-state index contributed by atoms with van der Waals surface area (Å²) in [5, 5.41) is 3.02. The highest BCUT2D eigenvalue weighted by Gasteiger charge is 2.30. The van der Waals surface area contributed by atoms with E-state index >= 15 is 0 Å². The Balaban J connectivity index is 1.62. The van der Waals surface area contributed by atoms with Gasteiger partial charge in [-0.15, -0.1) is 0 Å². The van der Waals surface area contributed by atoms with E-state index in [9.17, 15) is 4.79 Å². The Labute approximate surface area is 137 Å². The number of hydrogen-bond acceptors (Lipinski definition) is 3. The zero-order chi connectivity index (χ0) is 16.3. The summed E-state index contributed by atoms with van der Waals surface area (Å²) in [4.78, 5) is 18.7. The van der Waals surface area contributed by atoms with Crippen LogP contribution in [0, 0.1) is 0 Å². The van der Waals surface area contributed by atoms with Gasteiger partial charge in [-0.2, -0.15) is 0 Å². The van der Waals surface area contributed by atoms with Gasteiger partial charge in [-0.05, 0) is 43.5 Å². The number of amides is 1. The van der Waals surface area contributed by atoms with E-state index < -0.39 is 0 Å². The number of nitrogens with zero attached hydrogens (tertiary/aromatic N) is 2. The molecule has 0 radical (unpaired) electrons. The fraction of sp³-hybridized carbons (Fsp3) is 0.368. The van der Waals surface area contributed by atoms with Crippen LogP contribution in [0.4, 0.5) is 0 Å². The summed E-state index contributed by atoms with van der Waals surface area (Å²) in [6.07, 6.45) is 2.70. The molecule has 3 rings (SSSR count). The monoisotopic (exact) mass is 309 g/mol. The zero-order valence-electron chi connectivity index (χ0n) is 13.7. The first-order valence-corrected chi connectivity index (χ1v) is 8.07. The predicted octanol–water partition coefficient (Wildman–Crippen LogP) is 2.65. The molecule has 1 aromatic heterocycles. The minimum atomic E-state index is -0.115. The van der Waals surface area contributed by atoms with Gasteiger partial charge in [0.05, 0.1) is 0 Å². The van der Waals surface area contributed by atoms with Gasteiger partial charge < -0.3 is 5.32 Å². The molecule has 0 saturated carbocycles. The van der Waals surface area contributed by atoms with E-state index in [-0.39, 0.29) is 11.4 Å². The van der Waals surface area contributed by atoms with Gasteiger partial charge in [0.15, 0.2) is 0 Å². The predicted molar refractivity (Wildman–Crippen MR) is 91.2 cm³/mol. The van der Waals surface area contributed by atoms with Crippen molar-refractivity contribution >= 4 is 5.91 Å². The maximum absolute atomic E-state index is 12.2. The molecule has 1 aromatic carbocycles. The van der Waals surface area contributed by atoms with Gasteiger partial charge in [0.1, 0.15) is 5.69 Å². The molecule has 0 unspecified atom stereocenters. The third-order valence-electron chi connectivity index (χ3n) is 4.57. The van der Waals surface area contributed by atoms with Crippen molar-refractivity contribution in [2.75, 3.05) is 13.1 Å². The molecule has 0 atom stereocenters. The number of carbonyl (C=O) groups excluding carboxylic acids is 1. The SMILES string of the molecule is CC(C)(CNC(=O)c1ccccn1)N1CCc2ccccc2C1. The van der Waals surface area contributed by atoms with Crippen LogP contribution in [0.3, 0.4) is 0 Å². The summed E-state index contributed by atoms with van der Waals surface area (Å²) in [7, 11) is 0. The van der Waals surface area contributed by atoms with E-state index in [0.717, 1.165) is 19.5 Å². The highest BCUT2D eigenvalue weighted by atomic mass is 16.1. The molecule has 1 amide bonds. The van der Waals surface area contributed by atoms with E-state index in [2.05, 4.69) is 53.3 Å². The number of fused-ring (bicyclic) bond motifs is 1. The van der Waals surface area contributed by atoms with E-state index in [1.165, 1.54) is 11.1 Å².